The normalized spacial score (nSPS) is 14.1. The molecule has 2 aromatic heterocycles. The van der Waals surface area contributed by atoms with E-state index < -0.39 is 11.8 Å². The number of alkyl halides is 3. The summed E-state index contributed by atoms with van der Waals surface area (Å²) in [7, 11) is 0. The minimum absolute atomic E-state index is 0.183. The van der Waals surface area contributed by atoms with Gasteiger partial charge in [-0.05, 0) is 49.7 Å². The highest BCUT2D eigenvalue weighted by molar-refractivity contribution is 5.87. The average Bonchev–Trinajstić information content (AvgIpc) is 3.39. The van der Waals surface area contributed by atoms with Crippen LogP contribution in [0.5, 0.6) is 0 Å². The molecule has 33 heavy (non-hydrogen) atoms. The zero-order chi connectivity index (χ0) is 23.4. The van der Waals surface area contributed by atoms with Crippen molar-refractivity contribution in [3.63, 3.8) is 0 Å². The molecule has 1 N–H and O–H groups in total. The van der Waals surface area contributed by atoms with Gasteiger partial charge in [-0.15, -0.1) is 0 Å². The lowest BCUT2D eigenvalue weighted by molar-refractivity contribution is -0.247. The van der Waals surface area contributed by atoms with Gasteiger partial charge in [0.25, 0.3) is 0 Å². The molecule has 0 aliphatic carbocycles. The Morgan fingerprint density at radius 3 is 2.36 bits per heavy atom. The number of para-hydroxylation sites is 1. The standard InChI is InChI=1S/C26H22F3N3O/c1-3-31-16-22(21-6-4-5-7-24(21)31)25(33,26(27,28)29)19-10-13-23-18(14-19)15-30-32(23)20-11-8-17(2)9-12-20/h4-16,33H,3H2,1-2H3. The highest BCUT2D eigenvalue weighted by atomic mass is 19.4. The number of hydrogen-bond donors (Lipinski definition) is 1. The van der Waals surface area contributed by atoms with Crippen LogP contribution in [0.25, 0.3) is 27.5 Å². The van der Waals surface area contributed by atoms with Gasteiger partial charge in [-0.2, -0.15) is 18.3 Å². The number of aliphatic hydroxyl groups is 1. The molecule has 0 aliphatic heterocycles. The van der Waals surface area contributed by atoms with E-state index in [1.54, 1.807) is 39.6 Å². The number of nitrogens with zero attached hydrogens (tertiary/aromatic N) is 3. The number of benzene rings is 3. The molecule has 7 heteroatoms. The lowest BCUT2D eigenvalue weighted by Gasteiger charge is -2.31. The zero-order valence-corrected chi connectivity index (χ0v) is 18.1. The summed E-state index contributed by atoms with van der Waals surface area (Å²) in [5.74, 6) is 0. The van der Waals surface area contributed by atoms with Crippen LogP contribution in [0.1, 0.15) is 23.6 Å². The summed E-state index contributed by atoms with van der Waals surface area (Å²) in [6.45, 7) is 4.32. The molecular weight excluding hydrogens is 427 g/mol. The summed E-state index contributed by atoms with van der Waals surface area (Å²) >= 11 is 0. The Balaban J connectivity index is 1.71. The van der Waals surface area contributed by atoms with Crippen molar-refractivity contribution in [3.05, 3.63) is 95.8 Å². The van der Waals surface area contributed by atoms with Crippen molar-refractivity contribution in [1.29, 1.82) is 0 Å². The van der Waals surface area contributed by atoms with Gasteiger partial charge in [-0.1, -0.05) is 42.0 Å². The monoisotopic (exact) mass is 449 g/mol. The van der Waals surface area contributed by atoms with Crippen LogP contribution in [0, 0.1) is 6.92 Å². The molecule has 0 radical (unpaired) electrons. The Hall–Kier alpha value is -3.58. The van der Waals surface area contributed by atoms with Crippen LogP contribution < -0.4 is 0 Å². The lowest BCUT2D eigenvalue weighted by Crippen LogP contribution is -2.43. The van der Waals surface area contributed by atoms with E-state index in [1.165, 1.54) is 24.5 Å². The molecule has 0 saturated carbocycles. The molecule has 1 unspecified atom stereocenters. The first-order chi connectivity index (χ1) is 15.7. The average molecular weight is 449 g/mol. The number of aromatic nitrogens is 3. The Bertz CT molecular complexity index is 1460. The fourth-order valence-electron chi connectivity index (χ4n) is 4.42. The fraction of sp³-hybridized carbons (Fsp3) is 0.192. The summed E-state index contributed by atoms with van der Waals surface area (Å²) in [4.78, 5) is 0. The van der Waals surface area contributed by atoms with Crippen molar-refractivity contribution in [2.24, 2.45) is 0 Å². The maximum Gasteiger partial charge on any atom is 0.425 e. The molecule has 0 saturated heterocycles. The molecule has 5 aromatic rings. The van der Waals surface area contributed by atoms with Gasteiger partial charge in [0.05, 0.1) is 17.4 Å². The lowest BCUT2D eigenvalue weighted by atomic mass is 9.85. The van der Waals surface area contributed by atoms with Crippen molar-refractivity contribution in [2.75, 3.05) is 0 Å². The minimum atomic E-state index is -4.93. The van der Waals surface area contributed by atoms with Gasteiger partial charge in [0, 0.05) is 34.6 Å². The summed E-state index contributed by atoms with van der Waals surface area (Å²) in [6, 6.07) is 18.8. The molecule has 0 aliphatic rings. The molecule has 1 atom stereocenters. The second-order valence-corrected chi connectivity index (χ2v) is 8.22. The predicted molar refractivity (Wildman–Crippen MR) is 122 cm³/mol. The molecule has 3 aromatic carbocycles. The van der Waals surface area contributed by atoms with Crippen molar-refractivity contribution in [3.8, 4) is 5.69 Å². The highest BCUT2D eigenvalue weighted by Crippen LogP contribution is 2.47. The topological polar surface area (TPSA) is 43.0 Å². The molecular formula is C26H22F3N3O. The van der Waals surface area contributed by atoms with Gasteiger partial charge < -0.3 is 9.67 Å². The first kappa shape index (κ1) is 21.3. The van der Waals surface area contributed by atoms with Crippen LogP contribution >= 0.6 is 0 Å². The summed E-state index contributed by atoms with van der Waals surface area (Å²) in [5.41, 5.74) is -0.399. The Labute approximate surface area is 188 Å². The third-order valence-corrected chi connectivity index (χ3v) is 6.19. The summed E-state index contributed by atoms with van der Waals surface area (Å²) in [6.07, 6.45) is -2.01. The van der Waals surface area contributed by atoms with Crippen LogP contribution in [0.2, 0.25) is 0 Å². The molecule has 4 nitrogen and oxygen atoms in total. The summed E-state index contributed by atoms with van der Waals surface area (Å²) in [5, 5.41) is 16.6. The second kappa shape index (κ2) is 7.49. The summed E-state index contributed by atoms with van der Waals surface area (Å²) < 4.78 is 47.0. The Morgan fingerprint density at radius 1 is 0.939 bits per heavy atom. The highest BCUT2D eigenvalue weighted by Gasteiger charge is 2.57. The van der Waals surface area contributed by atoms with E-state index in [2.05, 4.69) is 5.10 Å². The van der Waals surface area contributed by atoms with E-state index in [-0.39, 0.29) is 11.1 Å². The van der Waals surface area contributed by atoms with E-state index in [9.17, 15) is 18.3 Å². The molecule has 0 amide bonds. The fourth-order valence-corrected chi connectivity index (χ4v) is 4.42. The SMILES string of the molecule is CCn1cc(C(O)(c2ccc3c(cnn3-c3ccc(C)cc3)c2)C(F)(F)F)c2ccccc21. The quantitative estimate of drug-likeness (QED) is 0.360. The van der Waals surface area contributed by atoms with Crippen LogP contribution in [-0.4, -0.2) is 25.6 Å². The largest absolute Gasteiger partial charge is 0.425 e. The maximum absolute atomic E-state index is 14.5. The number of fused-ring (bicyclic) bond motifs is 2. The van der Waals surface area contributed by atoms with E-state index in [4.69, 9.17) is 0 Å². The van der Waals surface area contributed by atoms with Gasteiger partial charge in [-0.25, -0.2) is 4.68 Å². The predicted octanol–water partition coefficient (Wildman–Crippen LogP) is 6.11. The first-order valence-corrected chi connectivity index (χ1v) is 10.7. The first-order valence-electron chi connectivity index (χ1n) is 10.7. The third kappa shape index (κ3) is 3.23. The maximum atomic E-state index is 14.5. The Kier molecular flexibility index (Phi) is 4.83. The molecule has 0 bridgehead atoms. The van der Waals surface area contributed by atoms with Crippen molar-refractivity contribution < 1.29 is 18.3 Å². The smallest absolute Gasteiger partial charge is 0.372 e. The Morgan fingerprint density at radius 2 is 1.67 bits per heavy atom. The van der Waals surface area contributed by atoms with Gasteiger partial charge >= 0.3 is 6.18 Å². The molecule has 168 valence electrons. The van der Waals surface area contributed by atoms with E-state index >= 15 is 0 Å². The van der Waals surface area contributed by atoms with Gasteiger partial charge in [0.1, 0.15) is 0 Å². The van der Waals surface area contributed by atoms with Crippen LogP contribution in [0.3, 0.4) is 0 Å². The van der Waals surface area contributed by atoms with Gasteiger partial charge in [-0.3, -0.25) is 0 Å². The number of rotatable bonds is 4. The molecule has 0 fully saturated rings. The van der Waals surface area contributed by atoms with Crippen LogP contribution in [0.15, 0.2) is 79.1 Å². The van der Waals surface area contributed by atoms with Crippen molar-refractivity contribution in [2.45, 2.75) is 32.2 Å². The van der Waals surface area contributed by atoms with Crippen molar-refractivity contribution >= 4 is 21.8 Å². The van der Waals surface area contributed by atoms with Gasteiger partial charge in [0.2, 0.25) is 5.60 Å². The minimum Gasteiger partial charge on any atom is -0.372 e. The third-order valence-electron chi connectivity index (χ3n) is 6.19. The van der Waals surface area contributed by atoms with Crippen LogP contribution in [0.4, 0.5) is 13.2 Å². The second-order valence-electron chi connectivity index (χ2n) is 8.22. The van der Waals surface area contributed by atoms with Crippen LogP contribution in [-0.2, 0) is 12.1 Å². The molecule has 0 spiro atoms. The molecule has 5 rings (SSSR count). The van der Waals surface area contributed by atoms with E-state index in [1.807, 2.05) is 38.1 Å². The van der Waals surface area contributed by atoms with Gasteiger partial charge in [0.15, 0.2) is 0 Å². The van der Waals surface area contributed by atoms with E-state index in [0.29, 0.717) is 28.4 Å². The number of halogens is 3. The van der Waals surface area contributed by atoms with E-state index in [0.717, 1.165) is 11.3 Å². The van der Waals surface area contributed by atoms with Crippen molar-refractivity contribution in [1.82, 2.24) is 14.3 Å². The number of aryl methyl sites for hydroxylation is 2. The zero-order valence-electron chi connectivity index (χ0n) is 18.1. The number of hydrogen-bond acceptors (Lipinski definition) is 2. The molecule has 2 heterocycles.